The van der Waals surface area contributed by atoms with Gasteiger partial charge >= 0.3 is 0 Å². The minimum Gasteiger partial charge on any atom is -0.505 e. The quantitative estimate of drug-likeness (QED) is 0.414. The van der Waals surface area contributed by atoms with Crippen LogP contribution in [0.3, 0.4) is 0 Å². The molecule has 0 aliphatic heterocycles. The Balaban J connectivity index is 1.76. The first-order valence-electron chi connectivity index (χ1n) is 10.4. The summed E-state index contributed by atoms with van der Waals surface area (Å²) in [6, 6.07) is 22.8. The summed E-state index contributed by atoms with van der Waals surface area (Å²) in [6.45, 7) is 0. The van der Waals surface area contributed by atoms with Crippen molar-refractivity contribution in [1.29, 1.82) is 0 Å². The number of methoxy groups -OCH3 is 2. The van der Waals surface area contributed by atoms with Gasteiger partial charge in [-0.25, -0.2) is 0 Å². The minimum atomic E-state index is -0.363. The number of hydrogen-bond donors (Lipinski definition) is 1. The van der Waals surface area contributed by atoms with Gasteiger partial charge in [0.15, 0.2) is 11.5 Å². The van der Waals surface area contributed by atoms with Crippen molar-refractivity contribution in [1.82, 2.24) is 4.98 Å². The summed E-state index contributed by atoms with van der Waals surface area (Å²) in [4.78, 5) is 17.4. The number of hydrogen-bond acceptors (Lipinski definition) is 5. The second kappa shape index (κ2) is 9.52. The molecule has 4 rings (SSSR count). The molecule has 5 heteroatoms. The van der Waals surface area contributed by atoms with Crippen molar-refractivity contribution in [3.05, 3.63) is 95.7 Å². The number of ether oxygens (including phenoxy) is 2. The molecule has 0 aliphatic rings. The number of carbonyl (C=O) groups is 1. The molecule has 5 nitrogen and oxygen atoms in total. The van der Waals surface area contributed by atoms with Crippen LogP contribution in [-0.2, 0) is 11.2 Å². The molecule has 0 bridgehead atoms. The first-order chi connectivity index (χ1) is 15.6. The number of ketones is 1. The summed E-state index contributed by atoms with van der Waals surface area (Å²) in [5.41, 5.74) is 3.00. The van der Waals surface area contributed by atoms with E-state index in [1.54, 1.807) is 20.4 Å². The van der Waals surface area contributed by atoms with Gasteiger partial charge in [-0.05, 0) is 29.3 Å². The second-order valence-corrected chi connectivity index (χ2v) is 7.65. The molecular weight excluding hydrogens is 402 g/mol. The Morgan fingerprint density at radius 2 is 1.72 bits per heavy atom. The topological polar surface area (TPSA) is 68.7 Å². The maximum Gasteiger partial charge on any atom is 0.161 e. The highest BCUT2D eigenvalue weighted by Gasteiger charge is 2.24. The molecule has 0 saturated carbocycles. The third kappa shape index (κ3) is 4.42. The average molecular weight is 428 g/mol. The fourth-order valence-electron chi connectivity index (χ4n) is 4.03. The van der Waals surface area contributed by atoms with Gasteiger partial charge < -0.3 is 14.6 Å². The Bertz CT molecular complexity index is 1240. The number of fused-ring (bicyclic) bond motifs is 1. The lowest BCUT2D eigenvalue weighted by Crippen LogP contribution is -2.12. The largest absolute Gasteiger partial charge is 0.505 e. The van der Waals surface area contributed by atoms with E-state index in [0.717, 1.165) is 16.5 Å². The lowest BCUT2D eigenvalue weighted by Gasteiger charge is -2.21. The number of pyridine rings is 1. The number of phenolic OH excluding ortho intramolecular Hbond substituents is 1. The molecule has 1 heterocycles. The third-order valence-electron chi connectivity index (χ3n) is 5.64. The molecule has 4 aromatic rings. The molecular formula is C27H25NO4. The summed E-state index contributed by atoms with van der Waals surface area (Å²) in [5.74, 6) is 0.989. The molecule has 1 N–H and O–H groups in total. The van der Waals surface area contributed by atoms with Gasteiger partial charge in [-0.1, -0.05) is 54.6 Å². The SMILES string of the molecule is COc1ccc(C(CC(=O)Cc2ccccc2)c2ccc3cccnc3c2O)cc1OC. The van der Waals surface area contributed by atoms with Crippen LogP contribution in [0.5, 0.6) is 17.2 Å². The van der Waals surface area contributed by atoms with Crippen LogP contribution in [0.1, 0.15) is 29.0 Å². The first-order valence-corrected chi connectivity index (χ1v) is 10.4. The lowest BCUT2D eigenvalue weighted by molar-refractivity contribution is -0.118. The number of phenols is 1. The van der Waals surface area contributed by atoms with Crippen LogP contribution >= 0.6 is 0 Å². The standard InChI is InChI=1S/C27H25NO4/c1-31-24-13-11-20(16-25(24)32-2)23(17-21(29)15-18-7-4-3-5-8-18)22-12-10-19-9-6-14-28-26(19)27(22)30/h3-14,16,23,30H,15,17H2,1-2H3. The average Bonchev–Trinajstić information content (AvgIpc) is 2.83. The van der Waals surface area contributed by atoms with E-state index in [2.05, 4.69) is 4.98 Å². The molecule has 0 amide bonds. The van der Waals surface area contributed by atoms with Gasteiger partial charge in [-0.3, -0.25) is 9.78 Å². The van der Waals surface area contributed by atoms with E-state index in [4.69, 9.17) is 9.47 Å². The minimum absolute atomic E-state index is 0.0801. The van der Waals surface area contributed by atoms with E-state index in [1.807, 2.05) is 72.8 Å². The Labute approximate surface area is 187 Å². The van der Waals surface area contributed by atoms with Crippen LogP contribution in [-0.4, -0.2) is 30.1 Å². The maximum atomic E-state index is 13.1. The fourth-order valence-corrected chi connectivity index (χ4v) is 4.03. The summed E-state index contributed by atoms with van der Waals surface area (Å²) in [5, 5.41) is 11.9. The zero-order valence-electron chi connectivity index (χ0n) is 18.1. The number of nitrogens with zero attached hydrogens (tertiary/aromatic N) is 1. The van der Waals surface area contributed by atoms with Gasteiger partial charge in [0.2, 0.25) is 0 Å². The molecule has 1 aromatic heterocycles. The number of benzene rings is 3. The molecule has 32 heavy (non-hydrogen) atoms. The molecule has 1 atom stereocenters. The molecule has 162 valence electrons. The van der Waals surface area contributed by atoms with Crippen molar-refractivity contribution in [2.75, 3.05) is 14.2 Å². The smallest absolute Gasteiger partial charge is 0.161 e. The Hall–Kier alpha value is -3.86. The zero-order chi connectivity index (χ0) is 22.5. The van der Waals surface area contributed by atoms with Crippen molar-refractivity contribution >= 4 is 16.7 Å². The molecule has 0 saturated heterocycles. The highest BCUT2D eigenvalue weighted by molar-refractivity contribution is 5.87. The number of aromatic nitrogens is 1. The molecule has 3 aromatic carbocycles. The van der Waals surface area contributed by atoms with Crippen molar-refractivity contribution in [2.24, 2.45) is 0 Å². The number of aromatic hydroxyl groups is 1. The molecule has 0 fully saturated rings. The van der Waals surface area contributed by atoms with Crippen molar-refractivity contribution in [3.8, 4) is 17.2 Å². The van der Waals surface area contributed by atoms with Gasteiger partial charge in [0.25, 0.3) is 0 Å². The maximum absolute atomic E-state index is 13.1. The van der Waals surface area contributed by atoms with Crippen LogP contribution in [0.2, 0.25) is 0 Å². The predicted molar refractivity (Wildman–Crippen MR) is 125 cm³/mol. The Morgan fingerprint density at radius 3 is 2.47 bits per heavy atom. The van der Waals surface area contributed by atoms with Crippen molar-refractivity contribution in [3.63, 3.8) is 0 Å². The summed E-state index contributed by atoms with van der Waals surface area (Å²) < 4.78 is 10.8. The van der Waals surface area contributed by atoms with Crippen molar-refractivity contribution in [2.45, 2.75) is 18.8 Å². The highest BCUT2D eigenvalue weighted by atomic mass is 16.5. The Morgan fingerprint density at radius 1 is 0.938 bits per heavy atom. The fraction of sp³-hybridized carbons (Fsp3) is 0.185. The lowest BCUT2D eigenvalue weighted by atomic mass is 9.84. The second-order valence-electron chi connectivity index (χ2n) is 7.65. The Kier molecular flexibility index (Phi) is 6.36. The van der Waals surface area contributed by atoms with E-state index < -0.39 is 0 Å². The van der Waals surface area contributed by atoms with Crippen LogP contribution in [0.25, 0.3) is 10.9 Å². The zero-order valence-corrected chi connectivity index (χ0v) is 18.1. The summed E-state index contributed by atoms with van der Waals surface area (Å²) >= 11 is 0. The number of rotatable bonds is 8. The molecule has 0 aliphatic carbocycles. The van der Waals surface area contributed by atoms with E-state index in [1.165, 1.54) is 0 Å². The highest BCUT2D eigenvalue weighted by Crippen LogP contribution is 2.40. The van der Waals surface area contributed by atoms with E-state index >= 15 is 0 Å². The first kappa shape index (κ1) is 21.4. The van der Waals surface area contributed by atoms with Crippen molar-refractivity contribution < 1.29 is 19.4 Å². The van der Waals surface area contributed by atoms with Gasteiger partial charge in [0.1, 0.15) is 17.0 Å². The van der Waals surface area contributed by atoms with Gasteiger partial charge in [0.05, 0.1) is 14.2 Å². The molecule has 0 radical (unpaired) electrons. The van der Waals surface area contributed by atoms with Gasteiger partial charge in [0, 0.05) is 35.9 Å². The molecule has 0 spiro atoms. The van der Waals surface area contributed by atoms with E-state index in [9.17, 15) is 9.90 Å². The number of Topliss-reactive ketones (excluding diaryl/α,β-unsaturated/α-hetero) is 1. The monoisotopic (exact) mass is 427 g/mol. The van der Waals surface area contributed by atoms with E-state index in [0.29, 0.717) is 29.0 Å². The normalized spacial score (nSPS) is 11.8. The predicted octanol–water partition coefficient (Wildman–Crippen LogP) is 5.29. The van der Waals surface area contributed by atoms with Gasteiger partial charge in [-0.2, -0.15) is 0 Å². The van der Waals surface area contributed by atoms with Crippen LogP contribution in [0, 0.1) is 0 Å². The summed E-state index contributed by atoms with van der Waals surface area (Å²) in [6.07, 6.45) is 2.21. The number of carbonyl (C=O) groups excluding carboxylic acids is 1. The third-order valence-corrected chi connectivity index (χ3v) is 5.64. The van der Waals surface area contributed by atoms with Crippen LogP contribution in [0.15, 0.2) is 79.0 Å². The van der Waals surface area contributed by atoms with Crippen LogP contribution in [0.4, 0.5) is 0 Å². The molecule has 1 unspecified atom stereocenters. The van der Waals surface area contributed by atoms with Crippen LogP contribution < -0.4 is 9.47 Å². The van der Waals surface area contributed by atoms with Gasteiger partial charge in [-0.15, -0.1) is 0 Å². The summed E-state index contributed by atoms with van der Waals surface area (Å²) in [7, 11) is 3.16. The van der Waals surface area contributed by atoms with E-state index in [-0.39, 0.29) is 23.9 Å².